The molecule has 1 heterocycles. The van der Waals surface area contributed by atoms with Gasteiger partial charge in [-0.05, 0) is 23.8 Å². The number of benzene rings is 1. The number of rotatable bonds is 3. The predicted octanol–water partition coefficient (Wildman–Crippen LogP) is 2.46. The standard InChI is InChI=1S/C12H13NO2/c1-2-12(14)13-8-9-3-4-11-10(7-9)5-6-15-11/h3-7H,2,8H2,1H3,(H,13,14). The third-order valence-corrected chi connectivity index (χ3v) is 2.33. The third kappa shape index (κ3) is 2.18. The van der Waals surface area contributed by atoms with Crippen LogP contribution in [0.5, 0.6) is 0 Å². The molecule has 0 spiro atoms. The van der Waals surface area contributed by atoms with Gasteiger partial charge in [-0.3, -0.25) is 4.79 Å². The lowest BCUT2D eigenvalue weighted by molar-refractivity contribution is -0.120. The Morgan fingerprint density at radius 3 is 3.07 bits per heavy atom. The Morgan fingerprint density at radius 1 is 1.40 bits per heavy atom. The van der Waals surface area contributed by atoms with Crippen molar-refractivity contribution in [3.8, 4) is 0 Å². The van der Waals surface area contributed by atoms with Gasteiger partial charge in [0.2, 0.25) is 5.91 Å². The molecule has 1 N–H and O–H groups in total. The lowest BCUT2D eigenvalue weighted by Gasteiger charge is -2.03. The van der Waals surface area contributed by atoms with E-state index < -0.39 is 0 Å². The van der Waals surface area contributed by atoms with Gasteiger partial charge in [0.05, 0.1) is 6.26 Å². The average Bonchev–Trinajstić information content (AvgIpc) is 2.72. The van der Waals surface area contributed by atoms with Crippen molar-refractivity contribution < 1.29 is 9.21 Å². The molecule has 0 aliphatic rings. The van der Waals surface area contributed by atoms with E-state index in [9.17, 15) is 4.79 Å². The van der Waals surface area contributed by atoms with E-state index in [1.807, 2.05) is 31.2 Å². The molecule has 0 fully saturated rings. The van der Waals surface area contributed by atoms with Crippen molar-refractivity contribution in [3.05, 3.63) is 36.1 Å². The van der Waals surface area contributed by atoms with Crippen molar-refractivity contribution in [2.24, 2.45) is 0 Å². The van der Waals surface area contributed by atoms with Gasteiger partial charge >= 0.3 is 0 Å². The van der Waals surface area contributed by atoms with Gasteiger partial charge in [0.25, 0.3) is 0 Å². The maximum Gasteiger partial charge on any atom is 0.219 e. The summed E-state index contributed by atoms with van der Waals surface area (Å²) in [6, 6.07) is 7.82. The van der Waals surface area contributed by atoms with E-state index in [1.54, 1.807) is 6.26 Å². The number of nitrogens with one attached hydrogen (secondary N) is 1. The van der Waals surface area contributed by atoms with E-state index in [0.29, 0.717) is 13.0 Å². The second kappa shape index (κ2) is 4.17. The van der Waals surface area contributed by atoms with Crippen LogP contribution < -0.4 is 5.32 Å². The van der Waals surface area contributed by atoms with Gasteiger partial charge in [0, 0.05) is 18.4 Å². The molecule has 0 aliphatic carbocycles. The van der Waals surface area contributed by atoms with Crippen LogP contribution in [0.3, 0.4) is 0 Å². The van der Waals surface area contributed by atoms with Crippen molar-refractivity contribution in [2.45, 2.75) is 19.9 Å². The molecular formula is C12H13NO2. The van der Waals surface area contributed by atoms with Gasteiger partial charge in [0.1, 0.15) is 5.58 Å². The molecule has 0 unspecified atom stereocenters. The summed E-state index contributed by atoms with van der Waals surface area (Å²) < 4.78 is 5.23. The summed E-state index contributed by atoms with van der Waals surface area (Å²) >= 11 is 0. The van der Waals surface area contributed by atoms with E-state index in [2.05, 4.69) is 5.32 Å². The topological polar surface area (TPSA) is 42.2 Å². The zero-order valence-electron chi connectivity index (χ0n) is 8.62. The third-order valence-electron chi connectivity index (χ3n) is 2.33. The summed E-state index contributed by atoms with van der Waals surface area (Å²) in [4.78, 5) is 11.1. The summed E-state index contributed by atoms with van der Waals surface area (Å²) in [5, 5.41) is 3.90. The van der Waals surface area contributed by atoms with Crippen LogP contribution in [0.4, 0.5) is 0 Å². The zero-order valence-corrected chi connectivity index (χ0v) is 8.62. The van der Waals surface area contributed by atoms with E-state index in [4.69, 9.17) is 4.42 Å². The fourth-order valence-electron chi connectivity index (χ4n) is 1.45. The summed E-state index contributed by atoms with van der Waals surface area (Å²) in [5.41, 5.74) is 1.96. The Balaban J connectivity index is 2.11. The van der Waals surface area contributed by atoms with Crippen LogP contribution in [0.15, 0.2) is 34.9 Å². The van der Waals surface area contributed by atoms with Crippen molar-refractivity contribution >= 4 is 16.9 Å². The normalized spacial score (nSPS) is 10.5. The van der Waals surface area contributed by atoms with Crippen LogP contribution in [-0.4, -0.2) is 5.91 Å². The smallest absolute Gasteiger partial charge is 0.219 e. The first-order valence-electron chi connectivity index (χ1n) is 5.02. The van der Waals surface area contributed by atoms with Crippen molar-refractivity contribution in [1.29, 1.82) is 0 Å². The first-order chi connectivity index (χ1) is 7.29. The fraction of sp³-hybridized carbons (Fsp3) is 0.250. The number of hydrogen-bond acceptors (Lipinski definition) is 2. The quantitative estimate of drug-likeness (QED) is 0.832. The molecule has 3 nitrogen and oxygen atoms in total. The Labute approximate surface area is 88.1 Å². The molecule has 0 saturated carbocycles. The van der Waals surface area contributed by atoms with Crippen LogP contribution in [0.2, 0.25) is 0 Å². The molecule has 2 rings (SSSR count). The minimum atomic E-state index is 0.0716. The highest BCUT2D eigenvalue weighted by atomic mass is 16.3. The van der Waals surface area contributed by atoms with Crippen molar-refractivity contribution in [3.63, 3.8) is 0 Å². The summed E-state index contributed by atoms with van der Waals surface area (Å²) in [6.45, 7) is 2.42. The highest BCUT2D eigenvalue weighted by Gasteiger charge is 2.00. The lowest BCUT2D eigenvalue weighted by atomic mass is 10.1. The van der Waals surface area contributed by atoms with E-state index in [-0.39, 0.29) is 5.91 Å². The molecule has 3 heteroatoms. The number of fused-ring (bicyclic) bond motifs is 1. The molecule has 0 aliphatic heterocycles. The highest BCUT2D eigenvalue weighted by Crippen LogP contribution is 2.16. The molecule has 78 valence electrons. The van der Waals surface area contributed by atoms with Crippen molar-refractivity contribution in [1.82, 2.24) is 5.32 Å². The Hall–Kier alpha value is -1.77. The van der Waals surface area contributed by atoms with E-state index >= 15 is 0 Å². The number of carbonyl (C=O) groups is 1. The van der Waals surface area contributed by atoms with Crippen molar-refractivity contribution in [2.75, 3.05) is 0 Å². The molecular weight excluding hydrogens is 190 g/mol. The Morgan fingerprint density at radius 2 is 2.27 bits per heavy atom. The second-order valence-electron chi connectivity index (χ2n) is 3.42. The van der Waals surface area contributed by atoms with Crippen LogP contribution in [0, 0.1) is 0 Å². The summed E-state index contributed by atoms with van der Waals surface area (Å²) in [6.07, 6.45) is 2.19. The predicted molar refractivity (Wildman–Crippen MR) is 58.4 cm³/mol. The zero-order chi connectivity index (χ0) is 10.7. The maximum atomic E-state index is 11.1. The number of hydrogen-bond donors (Lipinski definition) is 1. The first-order valence-corrected chi connectivity index (χ1v) is 5.02. The largest absolute Gasteiger partial charge is 0.464 e. The summed E-state index contributed by atoms with van der Waals surface area (Å²) in [7, 11) is 0. The minimum absolute atomic E-state index is 0.0716. The summed E-state index contributed by atoms with van der Waals surface area (Å²) in [5.74, 6) is 0.0716. The molecule has 1 amide bonds. The molecule has 1 aromatic carbocycles. The van der Waals surface area contributed by atoms with Gasteiger partial charge in [0.15, 0.2) is 0 Å². The van der Waals surface area contributed by atoms with Gasteiger partial charge in [-0.15, -0.1) is 0 Å². The average molecular weight is 203 g/mol. The number of amides is 1. The van der Waals surface area contributed by atoms with E-state index in [1.165, 1.54) is 0 Å². The monoisotopic (exact) mass is 203 g/mol. The molecule has 2 aromatic rings. The van der Waals surface area contributed by atoms with Gasteiger partial charge < -0.3 is 9.73 Å². The van der Waals surface area contributed by atoms with Crippen LogP contribution in [0.1, 0.15) is 18.9 Å². The SMILES string of the molecule is CCC(=O)NCc1ccc2occc2c1. The molecule has 0 saturated heterocycles. The maximum absolute atomic E-state index is 11.1. The number of carbonyl (C=O) groups excluding carboxylic acids is 1. The second-order valence-corrected chi connectivity index (χ2v) is 3.42. The highest BCUT2D eigenvalue weighted by molar-refractivity contribution is 5.78. The molecule has 0 atom stereocenters. The lowest BCUT2D eigenvalue weighted by Crippen LogP contribution is -2.21. The van der Waals surface area contributed by atoms with Gasteiger partial charge in [-0.2, -0.15) is 0 Å². The molecule has 1 aromatic heterocycles. The fourth-order valence-corrected chi connectivity index (χ4v) is 1.45. The molecule has 0 bridgehead atoms. The van der Waals surface area contributed by atoms with Gasteiger partial charge in [-0.25, -0.2) is 0 Å². The van der Waals surface area contributed by atoms with Crippen LogP contribution in [0.25, 0.3) is 11.0 Å². The molecule has 15 heavy (non-hydrogen) atoms. The van der Waals surface area contributed by atoms with Crippen LogP contribution >= 0.6 is 0 Å². The Bertz CT molecular complexity index is 473. The Kier molecular flexibility index (Phi) is 2.72. The minimum Gasteiger partial charge on any atom is -0.464 e. The first kappa shape index (κ1) is 9.77. The van der Waals surface area contributed by atoms with E-state index in [0.717, 1.165) is 16.5 Å². The van der Waals surface area contributed by atoms with Crippen LogP contribution in [-0.2, 0) is 11.3 Å². The van der Waals surface area contributed by atoms with Gasteiger partial charge in [-0.1, -0.05) is 13.0 Å². The number of furan rings is 1. The molecule has 0 radical (unpaired) electrons.